The predicted molar refractivity (Wildman–Crippen MR) is 206 cm³/mol. The van der Waals surface area contributed by atoms with Crippen LogP contribution in [0.1, 0.15) is 168 Å². The molecule has 0 unspecified atom stereocenters. The van der Waals surface area contributed by atoms with Crippen LogP contribution in [0.5, 0.6) is 18.0 Å². The van der Waals surface area contributed by atoms with E-state index in [1.807, 2.05) is 0 Å². The first kappa shape index (κ1) is 46.8. The van der Waals surface area contributed by atoms with Crippen molar-refractivity contribution >= 4 is 11.9 Å². The summed E-state index contributed by atoms with van der Waals surface area (Å²) >= 11 is 0. The van der Waals surface area contributed by atoms with Gasteiger partial charge in [0.25, 0.3) is 0 Å². The molecule has 52 heavy (non-hydrogen) atoms. The van der Waals surface area contributed by atoms with E-state index in [2.05, 4.69) is 28.1 Å². The molecule has 0 amide bonds. The zero-order chi connectivity index (χ0) is 37.9. The molecule has 11 heteroatoms. The Bertz CT molecular complexity index is 1080. The van der Waals surface area contributed by atoms with Crippen LogP contribution in [0.4, 0.5) is 0 Å². The highest BCUT2D eigenvalue weighted by Gasteiger charge is 2.11. The van der Waals surface area contributed by atoms with Gasteiger partial charge in [0.05, 0.1) is 33.0 Å². The number of ether oxygens (including phenoxy) is 5. The first-order chi connectivity index (χ1) is 25.3. The molecule has 298 valence electrons. The van der Waals surface area contributed by atoms with Gasteiger partial charge in [-0.3, -0.25) is 0 Å². The van der Waals surface area contributed by atoms with E-state index in [0.717, 1.165) is 51.4 Å². The normalized spacial score (nSPS) is 10.9. The van der Waals surface area contributed by atoms with Gasteiger partial charge in [0.1, 0.15) is 0 Å². The first-order valence-electron chi connectivity index (χ1n) is 20.2. The van der Waals surface area contributed by atoms with E-state index in [-0.39, 0.29) is 36.6 Å². The fraction of sp³-hybridized carbons (Fsp3) is 0.780. The summed E-state index contributed by atoms with van der Waals surface area (Å²) in [6.07, 6.45) is 27.1. The molecule has 0 aliphatic carbocycles. The summed E-state index contributed by atoms with van der Waals surface area (Å²) in [5.74, 6) is -0.582. The standard InChI is InChI=1S/C41H71N3O8/c1-35(2)37(46)48-30-24-20-16-12-8-5-6-9-14-18-22-26-32-50-39-42-40(44-41(43-39)52-34-28-29-45)51-33-27-23-19-15-11-7-10-13-17-21-25-31-49-38(47)36(3)4/h45H,1,3,5-34H2,2,4H3. The van der Waals surface area contributed by atoms with Crippen molar-refractivity contribution in [2.75, 3.05) is 39.6 Å². The van der Waals surface area contributed by atoms with Crippen LogP contribution in [0.15, 0.2) is 24.3 Å². The third-order valence-electron chi connectivity index (χ3n) is 8.56. The number of esters is 2. The van der Waals surface area contributed by atoms with Crippen LogP contribution in [-0.4, -0.2) is 71.6 Å². The van der Waals surface area contributed by atoms with Gasteiger partial charge in [-0.05, 0) is 39.5 Å². The molecular formula is C41H71N3O8. The molecule has 11 nitrogen and oxygen atoms in total. The summed E-state index contributed by atoms with van der Waals surface area (Å²) in [5, 5.41) is 9.09. The molecule has 1 N–H and O–H groups in total. The summed E-state index contributed by atoms with van der Waals surface area (Å²) < 4.78 is 27.5. The van der Waals surface area contributed by atoms with Gasteiger partial charge >= 0.3 is 30.0 Å². The molecule has 0 aromatic carbocycles. The van der Waals surface area contributed by atoms with Gasteiger partial charge in [-0.25, -0.2) is 9.59 Å². The molecule has 0 bridgehead atoms. The van der Waals surface area contributed by atoms with Crippen LogP contribution in [0, 0.1) is 0 Å². The predicted octanol–water partition coefficient (Wildman–Crippen LogP) is 9.60. The fourth-order valence-corrected chi connectivity index (χ4v) is 5.41. The Balaban J connectivity index is 2.09. The van der Waals surface area contributed by atoms with Crippen molar-refractivity contribution in [2.45, 2.75) is 168 Å². The lowest BCUT2D eigenvalue weighted by Crippen LogP contribution is -2.09. The van der Waals surface area contributed by atoms with E-state index in [1.165, 1.54) is 96.3 Å². The number of nitrogens with zero attached hydrogens (tertiary/aromatic N) is 3. The lowest BCUT2D eigenvalue weighted by atomic mass is 10.1. The van der Waals surface area contributed by atoms with Crippen molar-refractivity contribution in [1.82, 2.24) is 15.0 Å². The zero-order valence-corrected chi connectivity index (χ0v) is 32.8. The number of aromatic nitrogens is 3. The SMILES string of the molecule is C=C(C)C(=O)OCCCCCCCCCCCCCCOc1nc(OCCCO)nc(OCCCCCCCCCCCCCOC(=O)C(=C)C)n1. The summed E-state index contributed by atoms with van der Waals surface area (Å²) in [7, 11) is 0. The van der Waals surface area contributed by atoms with Crippen LogP contribution < -0.4 is 14.2 Å². The molecule has 1 rings (SSSR count). The molecule has 0 atom stereocenters. The topological polar surface area (TPSA) is 139 Å². The maximum Gasteiger partial charge on any atom is 0.333 e. The van der Waals surface area contributed by atoms with E-state index in [4.69, 9.17) is 28.8 Å². The van der Waals surface area contributed by atoms with Crippen LogP contribution in [-0.2, 0) is 19.1 Å². The average molecular weight is 734 g/mol. The summed E-state index contributed by atoms with van der Waals surface area (Å²) in [4.78, 5) is 35.6. The number of carbonyl (C=O) groups is 2. The lowest BCUT2D eigenvalue weighted by Gasteiger charge is -2.10. The van der Waals surface area contributed by atoms with Crippen LogP contribution in [0.2, 0.25) is 0 Å². The Morgan fingerprint density at radius 1 is 0.423 bits per heavy atom. The number of hydrogen-bond acceptors (Lipinski definition) is 11. The van der Waals surface area contributed by atoms with Crippen molar-refractivity contribution in [1.29, 1.82) is 0 Å². The number of hydrogen-bond donors (Lipinski definition) is 1. The monoisotopic (exact) mass is 734 g/mol. The van der Waals surface area contributed by atoms with Crippen LogP contribution in [0.25, 0.3) is 0 Å². The van der Waals surface area contributed by atoms with Crippen LogP contribution >= 0.6 is 0 Å². The second kappa shape index (κ2) is 33.6. The molecule has 0 fully saturated rings. The second-order valence-corrected chi connectivity index (χ2v) is 13.8. The minimum Gasteiger partial charge on any atom is -0.463 e. The Kier molecular flexibility index (Phi) is 30.3. The molecule has 0 spiro atoms. The number of unbranched alkanes of at least 4 members (excludes halogenated alkanes) is 21. The molecule has 1 aromatic rings. The van der Waals surface area contributed by atoms with Gasteiger partial charge in [-0.1, -0.05) is 135 Å². The first-order valence-corrected chi connectivity index (χ1v) is 20.2. The number of aliphatic hydroxyl groups is 1. The average Bonchev–Trinajstić information content (AvgIpc) is 3.12. The van der Waals surface area contributed by atoms with Crippen LogP contribution in [0.3, 0.4) is 0 Å². The highest BCUT2D eigenvalue weighted by Crippen LogP contribution is 2.18. The minimum atomic E-state index is -0.293. The fourth-order valence-electron chi connectivity index (χ4n) is 5.41. The summed E-state index contributed by atoms with van der Waals surface area (Å²) in [6, 6.07) is 0.578. The van der Waals surface area contributed by atoms with Gasteiger partial charge in [0.2, 0.25) is 0 Å². The largest absolute Gasteiger partial charge is 0.463 e. The van der Waals surface area contributed by atoms with Gasteiger partial charge in [-0.2, -0.15) is 0 Å². The lowest BCUT2D eigenvalue weighted by molar-refractivity contribution is -0.139. The number of rotatable bonds is 37. The Morgan fingerprint density at radius 2 is 0.654 bits per heavy atom. The van der Waals surface area contributed by atoms with E-state index in [9.17, 15) is 9.59 Å². The second-order valence-electron chi connectivity index (χ2n) is 13.8. The van der Waals surface area contributed by atoms with Gasteiger partial charge in [-0.15, -0.1) is 15.0 Å². The number of carbonyl (C=O) groups excluding carboxylic acids is 2. The molecule has 0 aliphatic rings. The Hall–Kier alpha value is -3.21. The smallest absolute Gasteiger partial charge is 0.333 e. The quantitative estimate of drug-likeness (QED) is 0.0397. The molecule has 0 saturated heterocycles. The summed E-state index contributed by atoms with van der Waals surface area (Å²) in [6.45, 7) is 12.9. The van der Waals surface area contributed by atoms with Crippen molar-refractivity contribution in [2.24, 2.45) is 0 Å². The van der Waals surface area contributed by atoms with Crippen molar-refractivity contribution < 1.29 is 38.4 Å². The van der Waals surface area contributed by atoms with Gasteiger partial charge < -0.3 is 28.8 Å². The van der Waals surface area contributed by atoms with Crippen molar-refractivity contribution in [3.8, 4) is 18.0 Å². The minimum absolute atomic E-state index is 0.0337. The third kappa shape index (κ3) is 28.4. The Labute approximate surface area is 314 Å². The molecule has 0 saturated carbocycles. The highest BCUT2D eigenvalue weighted by atomic mass is 16.5. The van der Waals surface area contributed by atoms with E-state index < -0.39 is 0 Å². The van der Waals surface area contributed by atoms with E-state index >= 15 is 0 Å². The third-order valence-corrected chi connectivity index (χ3v) is 8.56. The highest BCUT2D eigenvalue weighted by molar-refractivity contribution is 5.87. The molecular weight excluding hydrogens is 662 g/mol. The summed E-state index contributed by atoms with van der Waals surface area (Å²) in [5.41, 5.74) is 0.917. The van der Waals surface area contributed by atoms with E-state index in [1.54, 1.807) is 13.8 Å². The maximum absolute atomic E-state index is 11.4. The van der Waals surface area contributed by atoms with Crippen molar-refractivity contribution in [3.63, 3.8) is 0 Å². The van der Waals surface area contributed by atoms with Gasteiger partial charge in [0.15, 0.2) is 0 Å². The molecule has 1 aromatic heterocycles. The van der Waals surface area contributed by atoms with Crippen molar-refractivity contribution in [3.05, 3.63) is 24.3 Å². The Morgan fingerprint density at radius 3 is 0.904 bits per heavy atom. The maximum atomic E-state index is 11.4. The molecule has 1 heterocycles. The molecule has 0 aliphatic heterocycles. The molecule has 0 radical (unpaired) electrons. The van der Waals surface area contributed by atoms with Gasteiger partial charge in [0, 0.05) is 24.2 Å². The van der Waals surface area contributed by atoms with E-state index in [0.29, 0.717) is 50.6 Å². The zero-order valence-electron chi connectivity index (χ0n) is 32.8. The number of aliphatic hydroxyl groups excluding tert-OH is 1.